The van der Waals surface area contributed by atoms with E-state index < -0.39 is 16.6 Å². The third-order valence-corrected chi connectivity index (χ3v) is 2.54. The van der Waals surface area contributed by atoms with E-state index in [9.17, 15) is 20.0 Å². The number of fused-ring (bicyclic) bond motifs is 1. The molecule has 0 fully saturated rings. The summed E-state index contributed by atoms with van der Waals surface area (Å²) in [6.45, 7) is 1.72. The molecule has 1 atom stereocenters. The summed E-state index contributed by atoms with van der Waals surface area (Å²) in [7, 11) is 0. The Morgan fingerprint density at radius 2 is 2.32 bits per heavy atom. The number of nitro benzene ring substituents is 1. The first-order chi connectivity index (χ1) is 8.99. The maximum Gasteiger partial charge on any atom is 0.293 e. The quantitative estimate of drug-likeness (QED) is 0.550. The van der Waals surface area contributed by atoms with E-state index in [-0.39, 0.29) is 23.3 Å². The highest BCUT2D eigenvalue weighted by Gasteiger charge is 2.17. The highest BCUT2D eigenvalue weighted by Crippen LogP contribution is 2.27. The van der Waals surface area contributed by atoms with Crippen molar-refractivity contribution in [1.29, 1.82) is 0 Å². The van der Waals surface area contributed by atoms with E-state index in [0.29, 0.717) is 5.52 Å². The van der Waals surface area contributed by atoms with Crippen molar-refractivity contribution in [2.24, 2.45) is 0 Å². The molecule has 0 saturated carbocycles. The number of nitrogens with one attached hydrogen (secondary N) is 2. The zero-order chi connectivity index (χ0) is 14.0. The zero-order valence-corrected chi connectivity index (χ0v) is 10.1. The van der Waals surface area contributed by atoms with E-state index >= 15 is 0 Å². The van der Waals surface area contributed by atoms with Crippen LogP contribution in [0.4, 0.5) is 11.4 Å². The first kappa shape index (κ1) is 13.0. The molecule has 0 spiro atoms. The summed E-state index contributed by atoms with van der Waals surface area (Å²) in [5, 5.41) is 23.1. The van der Waals surface area contributed by atoms with Crippen LogP contribution >= 0.6 is 0 Å². The molecule has 0 bridgehead atoms. The van der Waals surface area contributed by atoms with Gasteiger partial charge in [0.2, 0.25) is 0 Å². The number of aliphatic hydroxyl groups is 1. The highest BCUT2D eigenvalue weighted by molar-refractivity contribution is 5.86. The number of aromatic nitrogens is 2. The highest BCUT2D eigenvalue weighted by atomic mass is 16.6. The Balaban J connectivity index is 2.58. The number of nitrogens with zero attached hydrogens (tertiary/aromatic N) is 2. The molecular formula is C11H12N4O4. The number of benzene rings is 1. The van der Waals surface area contributed by atoms with Crippen LogP contribution in [0.5, 0.6) is 0 Å². The van der Waals surface area contributed by atoms with Gasteiger partial charge in [-0.2, -0.15) is 0 Å². The average Bonchev–Trinajstić information content (AvgIpc) is 2.35. The van der Waals surface area contributed by atoms with Gasteiger partial charge in [0, 0.05) is 12.6 Å². The van der Waals surface area contributed by atoms with Gasteiger partial charge in [0.05, 0.1) is 28.3 Å². The molecule has 8 heteroatoms. The predicted molar refractivity (Wildman–Crippen MR) is 69.2 cm³/mol. The third kappa shape index (κ3) is 2.68. The van der Waals surface area contributed by atoms with Crippen LogP contribution in [0.1, 0.15) is 6.92 Å². The number of rotatable bonds is 4. The van der Waals surface area contributed by atoms with Gasteiger partial charge in [-0.3, -0.25) is 14.9 Å². The Kier molecular flexibility index (Phi) is 3.43. The average molecular weight is 264 g/mol. The molecular weight excluding hydrogens is 252 g/mol. The number of hydrogen-bond acceptors (Lipinski definition) is 6. The van der Waals surface area contributed by atoms with Gasteiger partial charge in [0.15, 0.2) is 0 Å². The molecule has 0 aliphatic rings. The minimum absolute atomic E-state index is 0.150. The minimum Gasteiger partial charge on any atom is -0.392 e. The fourth-order valence-electron chi connectivity index (χ4n) is 1.65. The molecule has 1 aromatic carbocycles. The molecule has 2 rings (SSSR count). The van der Waals surface area contributed by atoms with Crippen molar-refractivity contribution in [2.45, 2.75) is 13.0 Å². The molecule has 2 aromatic rings. The van der Waals surface area contributed by atoms with Crippen molar-refractivity contribution in [2.75, 3.05) is 11.9 Å². The monoisotopic (exact) mass is 264 g/mol. The van der Waals surface area contributed by atoms with E-state index in [1.165, 1.54) is 18.5 Å². The van der Waals surface area contributed by atoms with Crippen LogP contribution in [0.3, 0.4) is 0 Å². The van der Waals surface area contributed by atoms with E-state index in [1.807, 2.05) is 0 Å². The number of nitro groups is 1. The number of H-pyrrole nitrogens is 1. The van der Waals surface area contributed by atoms with Crippen molar-refractivity contribution in [3.8, 4) is 0 Å². The Labute approximate surface area is 107 Å². The van der Waals surface area contributed by atoms with E-state index in [2.05, 4.69) is 15.3 Å². The lowest BCUT2D eigenvalue weighted by Gasteiger charge is -2.09. The van der Waals surface area contributed by atoms with E-state index in [0.717, 1.165) is 0 Å². The largest absolute Gasteiger partial charge is 0.392 e. The van der Waals surface area contributed by atoms with Gasteiger partial charge in [-0.1, -0.05) is 0 Å². The number of aliphatic hydroxyl groups excluding tert-OH is 1. The van der Waals surface area contributed by atoms with Gasteiger partial charge >= 0.3 is 0 Å². The summed E-state index contributed by atoms with van der Waals surface area (Å²) >= 11 is 0. The maximum atomic E-state index is 11.6. The van der Waals surface area contributed by atoms with Gasteiger partial charge in [0.1, 0.15) is 5.69 Å². The van der Waals surface area contributed by atoms with Crippen LogP contribution in [0.15, 0.2) is 23.3 Å². The summed E-state index contributed by atoms with van der Waals surface area (Å²) in [5.41, 5.74) is -0.0965. The SMILES string of the molecule is C[C@H](O)CNc1cc2nc[nH]c(=O)c2cc1[N+](=O)[O-]. The molecule has 3 N–H and O–H groups in total. The van der Waals surface area contributed by atoms with Crippen LogP contribution in [0.25, 0.3) is 10.9 Å². The summed E-state index contributed by atoms with van der Waals surface area (Å²) in [6.07, 6.45) is 0.581. The summed E-state index contributed by atoms with van der Waals surface area (Å²) in [6, 6.07) is 2.59. The summed E-state index contributed by atoms with van der Waals surface area (Å²) in [5.74, 6) is 0. The second kappa shape index (κ2) is 5.02. The van der Waals surface area contributed by atoms with Crippen LogP contribution in [0.2, 0.25) is 0 Å². The Hall–Kier alpha value is -2.48. The van der Waals surface area contributed by atoms with Crippen molar-refractivity contribution in [3.63, 3.8) is 0 Å². The first-order valence-corrected chi connectivity index (χ1v) is 5.57. The Morgan fingerprint density at radius 1 is 1.58 bits per heavy atom. The molecule has 1 heterocycles. The van der Waals surface area contributed by atoms with Crippen molar-refractivity contribution < 1.29 is 10.0 Å². The standard InChI is InChI=1S/C11H12N4O4/c1-6(16)4-12-9-3-8-7(2-10(9)15(18)19)11(17)14-5-13-8/h2-3,5-6,12,16H,4H2,1H3,(H,13,14,17)/t6-/m0/s1. The molecule has 8 nitrogen and oxygen atoms in total. The molecule has 0 aliphatic heterocycles. The van der Waals surface area contributed by atoms with Crippen LogP contribution in [-0.2, 0) is 0 Å². The molecule has 19 heavy (non-hydrogen) atoms. The minimum atomic E-state index is -0.651. The second-order valence-corrected chi connectivity index (χ2v) is 4.11. The van der Waals surface area contributed by atoms with Gasteiger partial charge in [-0.05, 0) is 13.0 Å². The first-order valence-electron chi connectivity index (χ1n) is 5.57. The van der Waals surface area contributed by atoms with Gasteiger partial charge in [0.25, 0.3) is 11.2 Å². The van der Waals surface area contributed by atoms with Crippen LogP contribution in [-0.4, -0.2) is 32.6 Å². The third-order valence-electron chi connectivity index (χ3n) is 2.54. The van der Waals surface area contributed by atoms with Crippen molar-refractivity contribution in [1.82, 2.24) is 9.97 Å². The van der Waals surface area contributed by atoms with E-state index in [4.69, 9.17) is 0 Å². The number of anilines is 1. The van der Waals surface area contributed by atoms with Gasteiger partial charge < -0.3 is 15.4 Å². The summed E-state index contributed by atoms with van der Waals surface area (Å²) in [4.78, 5) is 28.3. The molecule has 0 amide bonds. The normalized spacial score (nSPS) is 12.3. The Bertz CT molecular complexity index is 680. The lowest BCUT2D eigenvalue weighted by atomic mass is 10.2. The molecule has 0 radical (unpaired) electrons. The number of hydrogen-bond donors (Lipinski definition) is 3. The smallest absolute Gasteiger partial charge is 0.293 e. The van der Waals surface area contributed by atoms with Crippen molar-refractivity contribution >= 4 is 22.3 Å². The maximum absolute atomic E-state index is 11.6. The van der Waals surface area contributed by atoms with Crippen LogP contribution < -0.4 is 10.9 Å². The summed E-state index contributed by atoms with van der Waals surface area (Å²) < 4.78 is 0. The zero-order valence-electron chi connectivity index (χ0n) is 10.1. The molecule has 1 aromatic heterocycles. The van der Waals surface area contributed by atoms with Gasteiger partial charge in [-0.25, -0.2) is 4.98 Å². The molecule has 100 valence electrons. The fourth-order valence-corrected chi connectivity index (χ4v) is 1.65. The topological polar surface area (TPSA) is 121 Å². The molecule has 0 saturated heterocycles. The van der Waals surface area contributed by atoms with Crippen molar-refractivity contribution in [3.05, 3.63) is 38.9 Å². The van der Waals surface area contributed by atoms with Crippen LogP contribution in [0, 0.1) is 10.1 Å². The lowest BCUT2D eigenvalue weighted by Crippen LogP contribution is -2.16. The molecule has 0 unspecified atom stereocenters. The van der Waals surface area contributed by atoms with E-state index in [1.54, 1.807) is 6.92 Å². The Morgan fingerprint density at radius 3 is 2.95 bits per heavy atom. The van der Waals surface area contributed by atoms with Gasteiger partial charge in [-0.15, -0.1) is 0 Å². The fraction of sp³-hybridized carbons (Fsp3) is 0.273. The second-order valence-electron chi connectivity index (χ2n) is 4.11. The predicted octanol–water partition coefficient (Wildman–Crippen LogP) is 0.624. The lowest BCUT2D eigenvalue weighted by molar-refractivity contribution is -0.383. The number of aromatic amines is 1. The molecule has 0 aliphatic carbocycles.